The highest BCUT2D eigenvalue weighted by Gasteiger charge is 2.25. The fraction of sp³-hybridized carbons (Fsp3) is 0.176. The van der Waals surface area contributed by atoms with Crippen molar-refractivity contribution in [3.8, 4) is 0 Å². The van der Waals surface area contributed by atoms with Gasteiger partial charge in [-0.05, 0) is 24.3 Å². The highest BCUT2D eigenvalue weighted by atomic mass is 35.5. The van der Waals surface area contributed by atoms with Gasteiger partial charge in [-0.2, -0.15) is 0 Å². The number of anilines is 1. The topological polar surface area (TPSA) is 37.4 Å². The summed E-state index contributed by atoms with van der Waals surface area (Å²) in [5.41, 5.74) is 1.95. The number of amides is 1. The summed E-state index contributed by atoms with van der Waals surface area (Å²) in [4.78, 5) is 27.1. The van der Waals surface area contributed by atoms with E-state index in [2.05, 4.69) is 0 Å². The van der Waals surface area contributed by atoms with Crippen molar-refractivity contribution in [3.05, 3.63) is 58.6 Å². The van der Waals surface area contributed by atoms with E-state index >= 15 is 0 Å². The molecule has 0 aliphatic carbocycles. The summed E-state index contributed by atoms with van der Waals surface area (Å²) in [7, 11) is 1.71. The van der Waals surface area contributed by atoms with Crippen molar-refractivity contribution in [2.75, 3.05) is 17.7 Å². The standard InChI is InChI=1S/C17H14ClNO2S/c1-19(12-5-2-4-11(18)10-12)17(21)14-7-3-6-13-15(20)8-9-22-16(13)14/h2-7,10H,8-9H2,1H3. The van der Waals surface area contributed by atoms with Gasteiger partial charge in [-0.25, -0.2) is 0 Å². The average Bonchev–Trinajstić information content (AvgIpc) is 2.53. The number of hydrogen-bond donors (Lipinski definition) is 0. The molecule has 0 saturated carbocycles. The molecule has 0 spiro atoms. The van der Waals surface area contributed by atoms with Gasteiger partial charge in [0.05, 0.1) is 5.56 Å². The minimum Gasteiger partial charge on any atom is -0.311 e. The first-order valence-corrected chi connectivity index (χ1v) is 8.27. The molecule has 0 N–H and O–H groups in total. The first-order valence-electron chi connectivity index (χ1n) is 6.90. The molecule has 112 valence electrons. The van der Waals surface area contributed by atoms with Crippen LogP contribution in [0.4, 0.5) is 5.69 Å². The summed E-state index contributed by atoms with van der Waals surface area (Å²) in [5.74, 6) is 0.687. The van der Waals surface area contributed by atoms with Gasteiger partial charge in [-0.1, -0.05) is 29.8 Å². The van der Waals surface area contributed by atoms with Gasteiger partial charge in [0.15, 0.2) is 5.78 Å². The Labute approximate surface area is 138 Å². The molecule has 0 saturated heterocycles. The number of carbonyl (C=O) groups excluding carboxylic acids is 2. The van der Waals surface area contributed by atoms with Crippen LogP contribution in [0.3, 0.4) is 0 Å². The van der Waals surface area contributed by atoms with E-state index in [1.54, 1.807) is 60.1 Å². The van der Waals surface area contributed by atoms with E-state index in [4.69, 9.17) is 11.6 Å². The number of benzene rings is 2. The Morgan fingerprint density at radius 2 is 2.00 bits per heavy atom. The minimum atomic E-state index is -0.138. The monoisotopic (exact) mass is 331 g/mol. The molecule has 2 aromatic carbocycles. The van der Waals surface area contributed by atoms with Gasteiger partial charge in [-0.3, -0.25) is 9.59 Å². The van der Waals surface area contributed by atoms with Crippen LogP contribution >= 0.6 is 23.4 Å². The number of carbonyl (C=O) groups is 2. The van der Waals surface area contributed by atoms with E-state index in [1.165, 1.54) is 0 Å². The summed E-state index contributed by atoms with van der Waals surface area (Å²) in [6.07, 6.45) is 0.527. The van der Waals surface area contributed by atoms with Crippen LogP contribution < -0.4 is 4.90 Å². The number of Topliss-reactive ketones (excluding diaryl/α,β-unsaturated/α-hetero) is 1. The molecule has 0 aromatic heterocycles. The van der Waals surface area contributed by atoms with Gasteiger partial charge >= 0.3 is 0 Å². The Morgan fingerprint density at radius 1 is 1.23 bits per heavy atom. The van der Waals surface area contributed by atoms with Crippen molar-refractivity contribution in [1.29, 1.82) is 0 Å². The van der Waals surface area contributed by atoms with Gasteiger partial charge in [0.25, 0.3) is 5.91 Å². The lowest BCUT2D eigenvalue weighted by Crippen LogP contribution is -2.27. The fourth-order valence-corrected chi connectivity index (χ4v) is 3.77. The van der Waals surface area contributed by atoms with Gasteiger partial charge in [0, 0.05) is 40.4 Å². The molecular formula is C17H14ClNO2S. The van der Waals surface area contributed by atoms with E-state index < -0.39 is 0 Å². The zero-order valence-electron chi connectivity index (χ0n) is 12.0. The molecule has 1 aliphatic heterocycles. The van der Waals surface area contributed by atoms with Crippen LogP contribution in [-0.2, 0) is 0 Å². The number of thioether (sulfide) groups is 1. The molecule has 2 aromatic rings. The van der Waals surface area contributed by atoms with Crippen molar-refractivity contribution < 1.29 is 9.59 Å². The molecule has 0 bridgehead atoms. The lowest BCUT2D eigenvalue weighted by Gasteiger charge is -2.22. The Kier molecular flexibility index (Phi) is 4.23. The zero-order chi connectivity index (χ0) is 15.7. The molecule has 1 heterocycles. The summed E-state index contributed by atoms with van der Waals surface area (Å²) in [6, 6.07) is 12.5. The van der Waals surface area contributed by atoms with Crippen LogP contribution in [0.5, 0.6) is 0 Å². The highest BCUT2D eigenvalue weighted by Crippen LogP contribution is 2.34. The van der Waals surface area contributed by atoms with Crippen LogP contribution in [-0.4, -0.2) is 24.5 Å². The molecule has 1 aliphatic rings. The van der Waals surface area contributed by atoms with Crippen LogP contribution in [0.1, 0.15) is 27.1 Å². The molecule has 5 heteroatoms. The first-order chi connectivity index (χ1) is 10.6. The van der Waals surface area contributed by atoms with Crippen molar-refractivity contribution >= 4 is 40.7 Å². The van der Waals surface area contributed by atoms with E-state index in [0.29, 0.717) is 22.6 Å². The maximum absolute atomic E-state index is 12.8. The summed E-state index contributed by atoms with van der Waals surface area (Å²) >= 11 is 7.56. The summed E-state index contributed by atoms with van der Waals surface area (Å²) in [5, 5.41) is 0.580. The number of halogens is 1. The van der Waals surface area contributed by atoms with E-state index in [1.807, 2.05) is 6.07 Å². The molecule has 1 amide bonds. The lowest BCUT2D eigenvalue weighted by molar-refractivity contribution is 0.0983. The number of rotatable bonds is 2. The Hall–Kier alpha value is -1.78. The second-order valence-electron chi connectivity index (χ2n) is 5.05. The predicted molar refractivity (Wildman–Crippen MR) is 90.3 cm³/mol. The quantitative estimate of drug-likeness (QED) is 0.823. The van der Waals surface area contributed by atoms with Crippen molar-refractivity contribution in [2.45, 2.75) is 11.3 Å². The van der Waals surface area contributed by atoms with Gasteiger partial charge in [-0.15, -0.1) is 11.8 Å². The van der Waals surface area contributed by atoms with Crippen LogP contribution in [0.15, 0.2) is 47.4 Å². The van der Waals surface area contributed by atoms with Gasteiger partial charge in [0.2, 0.25) is 0 Å². The first kappa shape index (κ1) is 15.1. The second-order valence-corrected chi connectivity index (χ2v) is 6.59. The van der Waals surface area contributed by atoms with E-state index in [0.717, 1.165) is 16.3 Å². The maximum Gasteiger partial charge on any atom is 0.259 e. The highest BCUT2D eigenvalue weighted by molar-refractivity contribution is 7.99. The molecule has 0 atom stereocenters. The van der Waals surface area contributed by atoms with Gasteiger partial charge in [0.1, 0.15) is 0 Å². The number of hydrogen-bond acceptors (Lipinski definition) is 3. The predicted octanol–water partition coefficient (Wildman–Crippen LogP) is 4.30. The Morgan fingerprint density at radius 3 is 2.77 bits per heavy atom. The lowest BCUT2D eigenvalue weighted by atomic mass is 10.0. The fourth-order valence-electron chi connectivity index (χ4n) is 2.44. The third-order valence-electron chi connectivity index (χ3n) is 3.62. The number of ketones is 1. The largest absolute Gasteiger partial charge is 0.311 e. The average molecular weight is 332 g/mol. The van der Waals surface area contributed by atoms with Crippen LogP contribution in [0.2, 0.25) is 5.02 Å². The third kappa shape index (κ3) is 2.76. The molecule has 0 radical (unpaired) electrons. The zero-order valence-corrected chi connectivity index (χ0v) is 13.6. The summed E-state index contributed by atoms with van der Waals surface area (Å²) < 4.78 is 0. The van der Waals surface area contributed by atoms with Crippen molar-refractivity contribution in [2.24, 2.45) is 0 Å². The minimum absolute atomic E-state index is 0.105. The molecule has 22 heavy (non-hydrogen) atoms. The van der Waals surface area contributed by atoms with Crippen LogP contribution in [0, 0.1) is 0 Å². The Bertz CT molecular complexity index is 760. The van der Waals surface area contributed by atoms with E-state index in [9.17, 15) is 9.59 Å². The molecule has 0 unspecified atom stereocenters. The third-order valence-corrected chi connectivity index (χ3v) is 4.99. The van der Waals surface area contributed by atoms with Crippen molar-refractivity contribution in [1.82, 2.24) is 0 Å². The second kappa shape index (κ2) is 6.15. The molecule has 3 nitrogen and oxygen atoms in total. The van der Waals surface area contributed by atoms with Crippen LogP contribution in [0.25, 0.3) is 0 Å². The van der Waals surface area contributed by atoms with Crippen molar-refractivity contribution in [3.63, 3.8) is 0 Å². The molecule has 0 fully saturated rings. The number of fused-ring (bicyclic) bond motifs is 1. The smallest absolute Gasteiger partial charge is 0.259 e. The SMILES string of the molecule is CN(C(=O)c1cccc2c1SCCC2=O)c1cccc(Cl)c1. The van der Waals surface area contributed by atoms with Gasteiger partial charge < -0.3 is 4.90 Å². The number of nitrogens with zero attached hydrogens (tertiary/aromatic N) is 1. The maximum atomic E-state index is 12.8. The Balaban J connectivity index is 1.99. The molecular weight excluding hydrogens is 318 g/mol. The molecule has 3 rings (SSSR count). The summed E-state index contributed by atoms with van der Waals surface area (Å²) in [6.45, 7) is 0. The normalized spacial score (nSPS) is 13.6. The van der Waals surface area contributed by atoms with E-state index in [-0.39, 0.29) is 11.7 Å².